The maximum atomic E-state index is 12.1. The van der Waals surface area contributed by atoms with Crippen molar-refractivity contribution in [3.05, 3.63) is 33.8 Å². The van der Waals surface area contributed by atoms with E-state index in [1.54, 1.807) is 29.8 Å². The van der Waals surface area contributed by atoms with Gasteiger partial charge in [0.25, 0.3) is 0 Å². The third-order valence-electron chi connectivity index (χ3n) is 2.77. The Morgan fingerprint density at radius 3 is 2.79 bits per heavy atom. The molecular formula is C13H18Cl2N2OS. The summed E-state index contributed by atoms with van der Waals surface area (Å²) >= 11 is 13.7. The molecule has 0 fully saturated rings. The minimum absolute atomic E-state index is 0.0786. The van der Waals surface area contributed by atoms with Gasteiger partial charge in [0.15, 0.2) is 0 Å². The molecule has 0 radical (unpaired) electrons. The molecule has 0 aliphatic heterocycles. The number of likely N-dealkylation sites (N-methyl/N-ethyl adjacent to an activating group) is 1. The van der Waals surface area contributed by atoms with E-state index in [4.69, 9.17) is 28.9 Å². The number of benzene rings is 1. The summed E-state index contributed by atoms with van der Waals surface area (Å²) in [6.07, 6.45) is 2.67. The fraction of sp³-hybridized carbons (Fsp3) is 0.462. The van der Waals surface area contributed by atoms with E-state index in [0.717, 1.165) is 11.3 Å². The van der Waals surface area contributed by atoms with E-state index < -0.39 is 6.04 Å². The summed E-state index contributed by atoms with van der Waals surface area (Å²) < 4.78 is 0. The number of nitrogens with two attached hydrogens (primary N) is 1. The molecule has 19 heavy (non-hydrogen) atoms. The number of thioether (sulfide) groups is 1. The smallest absolute Gasteiger partial charge is 0.239 e. The van der Waals surface area contributed by atoms with Crippen LogP contribution in [-0.4, -0.2) is 35.9 Å². The van der Waals surface area contributed by atoms with Crippen LogP contribution in [0.4, 0.5) is 0 Å². The second-order valence-electron chi connectivity index (χ2n) is 4.30. The van der Waals surface area contributed by atoms with E-state index in [9.17, 15) is 4.79 Å². The topological polar surface area (TPSA) is 46.3 Å². The first-order valence-corrected chi connectivity index (χ1v) is 8.04. The number of halogens is 2. The third-order valence-corrected chi connectivity index (χ3v) is 4.27. The van der Waals surface area contributed by atoms with Crippen molar-refractivity contribution in [2.75, 3.05) is 19.1 Å². The summed E-state index contributed by atoms with van der Waals surface area (Å²) in [5.41, 5.74) is 6.68. The van der Waals surface area contributed by atoms with Crippen LogP contribution in [0.15, 0.2) is 18.2 Å². The lowest BCUT2D eigenvalue weighted by atomic mass is 10.1. The van der Waals surface area contributed by atoms with Crippen molar-refractivity contribution in [2.24, 2.45) is 5.73 Å². The molecule has 1 aromatic carbocycles. The lowest BCUT2D eigenvalue weighted by Crippen LogP contribution is -2.41. The molecule has 106 valence electrons. The Hall–Kier alpha value is -0.420. The molecule has 0 unspecified atom stereocenters. The van der Waals surface area contributed by atoms with Crippen LogP contribution in [0.5, 0.6) is 0 Å². The molecule has 1 amide bonds. The fourth-order valence-electron chi connectivity index (χ4n) is 1.66. The number of carbonyl (C=O) groups excluding carboxylic acids is 1. The van der Waals surface area contributed by atoms with Gasteiger partial charge in [-0.3, -0.25) is 4.79 Å². The first-order chi connectivity index (χ1) is 8.97. The van der Waals surface area contributed by atoms with E-state index in [1.807, 2.05) is 18.4 Å². The van der Waals surface area contributed by atoms with Crippen LogP contribution in [0.1, 0.15) is 12.0 Å². The number of hydrogen-bond donors (Lipinski definition) is 1. The van der Waals surface area contributed by atoms with E-state index in [1.165, 1.54) is 0 Å². The number of rotatable bonds is 6. The second-order valence-corrected chi connectivity index (χ2v) is 6.07. The van der Waals surface area contributed by atoms with Crippen molar-refractivity contribution in [2.45, 2.75) is 19.0 Å². The zero-order valence-corrected chi connectivity index (χ0v) is 13.4. The van der Waals surface area contributed by atoms with Crippen LogP contribution in [0.3, 0.4) is 0 Å². The third kappa shape index (κ3) is 4.88. The van der Waals surface area contributed by atoms with E-state index in [0.29, 0.717) is 23.0 Å². The van der Waals surface area contributed by atoms with Gasteiger partial charge < -0.3 is 10.6 Å². The Morgan fingerprint density at radius 1 is 1.47 bits per heavy atom. The molecule has 6 heteroatoms. The Bertz CT molecular complexity index is 443. The molecule has 0 heterocycles. The highest BCUT2D eigenvalue weighted by molar-refractivity contribution is 7.98. The van der Waals surface area contributed by atoms with Gasteiger partial charge in [-0.05, 0) is 30.1 Å². The molecule has 0 aromatic heterocycles. The highest BCUT2D eigenvalue weighted by atomic mass is 35.5. The maximum Gasteiger partial charge on any atom is 0.239 e. The van der Waals surface area contributed by atoms with Gasteiger partial charge in [-0.2, -0.15) is 11.8 Å². The Labute approximate surface area is 128 Å². The van der Waals surface area contributed by atoms with Crippen LogP contribution in [0, 0.1) is 0 Å². The normalized spacial score (nSPS) is 12.3. The minimum atomic E-state index is -0.463. The molecule has 2 N–H and O–H groups in total. The van der Waals surface area contributed by atoms with Crippen LogP contribution in [-0.2, 0) is 11.3 Å². The molecule has 0 spiro atoms. The van der Waals surface area contributed by atoms with Crippen molar-refractivity contribution in [3.8, 4) is 0 Å². The molecule has 1 aromatic rings. The highest BCUT2D eigenvalue weighted by Crippen LogP contribution is 2.26. The van der Waals surface area contributed by atoms with Crippen LogP contribution in [0.25, 0.3) is 0 Å². The Balaban J connectivity index is 2.66. The maximum absolute atomic E-state index is 12.1. The SMILES string of the molecule is CSCC[C@@H](N)C(=O)N(C)Cc1cccc(Cl)c1Cl. The van der Waals surface area contributed by atoms with Crippen molar-refractivity contribution in [1.82, 2.24) is 4.90 Å². The number of amides is 1. The first-order valence-electron chi connectivity index (χ1n) is 5.89. The molecule has 1 atom stereocenters. The van der Waals surface area contributed by atoms with Gasteiger partial charge in [0, 0.05) is 13.6 Å². The average molecular weight is 321 g/mol. The van der Waals surface area contributed by atoms with Crippen molar-refractivity contribution in [3.63, 3.8) is 0 Å². The summed E-state index contributed by atoms with van der Waals surface area (Å²) in [6.45, 7) is 0.408. The molecule has 3 nitrogen and oxygen atoms in total. The van der Waals surface area contributed by atoms with E-state index in [2.05, 4.69) is 0 Å². The molecule has 1 rings (SSSR count). The number of nitrogens with zero attached hydrogens (tertiary/aromatic N) is 1. The largest absolute Gasteiger partial charge is 0.340 e. The molecule has 0 aliphatic carbocycles. The molecule has 0 saturated carbocycles. The van der Waals surface area contributed by atoms with Crippen LogP contribution < -0.4 is 5.73 Å². The van der Waals surface area contributed by atoms with E-state index >= 15 is 0 Å². The molecule has 0 saturated heterocycles. The monoisotopic (exact) mass is 320 g/mol. The van der Waals surface area contributed by atoms with Crippen LogP contribution >= 0.6 is 35.0 Å². The number of hydrogen-bond acceptors (Lipinski definition) is 3. The lowest BCUT2D eigenvalue weighted by molar-refractivity contribution is -0.131. The zero-order valence-electron chi connectivity index (χ0n) is 11.0. The zero-order chi connectivity index (χ0) is 14.4. The Kier molecular flexibility index (Phi) is 7.00. The predicted octanol–water partition coefficient (Wildman–Crippen LogP) is 3.03. The number of carbonyl (C=O) groups is 1. The van der Waals surface area contributed by atoms with E-state index in [-0.39, 0.29) is 5.91 Å². The molecular weight excluding hydrogens is 303 g/mol. The van der Waals surface area contributed by atoms with Crippen molar-refractivity contribution < 1.29 is 4.79 Å². The lowest BCUT2D eigenvalue weighted by Gasteiger charge is -2.22. The van der Waals surface area contributed by atoms with Gasteiger partial charge in [-0.25, -0.2) is 0 Å². The van der Waals surface area contributed by atoms with Crippen molar-refractivity contribution >= 4 is 40.9 Å². The van der Waals surface area contributed by atoms with Gasteiger partial charge in [0.2, 0.25) is 5.91 Å². The quantitative estimate of drug-likeness (QED) is 0.876. The van der Waals surface area contributed by atoms with Gasteiger partial charge >= 0.3 is 0 Å². The van der Waals surface area contributed by atoms with Crippen molar-refractivity contribution in [1.29, 1.82) is 0 Å². The van der Waals surface area contributed by atoms with Gasteiger partial charge in [0.05, 0.1) is 16.1 Å². The fourth-order valence-corrected chi connectivity index (χ4v) is 2.52. The molecule has 0 bridgehead atoms. The summed E-state index contributed by atoms with van der Waals surface area (Å²) in [5.74, 6) is 0.795. The summed E-state index contributed by atoms with van der Waals surface area (Å²) in [5, 5.41) is 0.980. The standard InChI is InChI=1S/C13H18Cl2N2OS/c1-17(13(18)11(16)6-7-19-2)8-9-4-3-5-10(14)12(9)15/h3-5,11H,6-8,16H2,1-2H3/t11-/m1/s1. The average Bonchev–Trinajstić information content (AvgIpc) is 2.40. The highest BCUT2D eigenvalue weighted by Gasteiger charge is 2.18. The van der Waals surface area contributed by atoms with Gasteiger partial charge in [0.1, 0.15) is 0 Å². The van der Waals surface area contributed by atoms with Gasteiger partial charge in [-0.15, -0.1) is 0 Å². The van der Waals surface area contributed by atoms with Gasteiger partial charge in [-0.1, -0.05) is 35.3 Å². The summed E-state index contributed by atoms with van der Waals surface area (Å²) in [7, 11) is 1.72. The summed E-state index contributed by atoms with van der Waals surface area (Å²) in [6, 6.07) is 4.93. The Morgan fingerprint density at radius 2 is 2.16 bits per heavy atom. The second kappa shape index (κ2) is 8.00. The van der Waals surface area contributed by atoms with Crippen LogP contribution in [0.2, 0.25) is 10.0 Å². The predicted molar refractivity (Wildman–Crippen MR) is 83.9 cm³/mol. The molecule has 0 aliphatic rings. The minimum Gasteiger partial charge on any atom is -0.340 e. The summed E-state index contributed by atoms with van der Waals surface area (Å²) in [4.78, 5) is 13.7. The first kappa shape index (κ1) is 16.6.